The third-order valence-electron chi connectivity index (χ3n) is 6.62. The molecule has 3 aliphatic carbocycles. The van der Waals surface area contributed by atoms with Gasteiger partial charge in [0.05, 0.1) is 6.20 Å². The molecule has 0 saturated heterocycles. The number of aromatic nitrogens is 3. The molecule has 7 heteroatoms. The van der Waals surface area contributed by atoms with Gasteiger partial charge in [-0.15, -0.1) is 0 Å². The molecule has 3 heterocycles. The zero-order valence-electron chi connectivity index (χ0n) is 15.5. The molecule has 2 bridgehead atoms. The maximum atomic E-state index is 14.6. The average molecular weight is 386 g/mol. The molecule has 1 unspecified atom stereocenters. The van der Waals surface area contributed by atoms with Crippen LogP contribution in [0.2, 0.25) is 0 Å². The first kappa shape index (κ1) is 17.5. The van der Waals surface area contributed by atoms with E-state index in [-0.39, 0.29) is 17.6 Å². The van der Waals surface area contributed by atoms with E-state index in [0.29, 0.717) is 34.4 Å². The largest absolute Gasteiger partial charge is 0.364 e. The van der Waals surface area contributed by atoms with Crippen molar-refractivity contribution in [1.29, 1.82) is 0 Å². The number of H-pyrrole nitrogens is 1. The summed E-state index contributed by atoms with van der Waals surface area (Å²) < 4.78 is 42.7. The molecule has 3 aromatic rings. The van der Waals surface area contributed by atoms with E-state index in [2.05, 4.69) is 27.2 Å². The van der Waals surface area contributed by atoms with E-state index in [1.807, 2.05) is 0 Å². The number of anilines is 1. The zero-order chi connectivity index (χ0) is 19.4. The number of fused-ring (bicyclic) bond motifs is 4. The van der Waals surface area contributed by atoms with Crippen LogP contribution in [0.25, 0.3) is 22.3 Å². The molecular formula is C21H21F3N4. The Balaban J connectivity index is 1.54. The molecule has 0 aromatic carbocycles. The van der Waals surface area contributed by atoms with Crippen molar-refractivity contribution >= 4 is 16.9 Å². The van der Waals surface area contributed by atoms with Crippen LogP contribution < -0.4 is 5.32 Å². The molecule has 2 N–H and O–H groups in total. The van der Waals surface area contributed by atoms with Gasteiger partial charge < -0.3 is 10.3 Å². The number of halogens is 3. The lowest BCUT2D eigenvalue weighted by Crippen LogP contribution is -2.47. The van der Waals surface area contributed by atoms with E-state index in [1.54, 1.807) is 0 Å². The molecule has 28 heavy (non-hydrogen) atoms. The highest BCUT2D eigenvalue weighted by atomic mass is 19.1. The lowest BCUT2D eigenvalue weighted by molar-refractivity contribution is 0.0926. The summed E-state index contributed by atoms with van der Waals surface area (Å²) in [5, 5.41) is 3.68. The van der Waals surface area contributed by atoms with Gasteiger partial charge in [0.25, 0.3) is 0 Å². The van der Waals surface area contributed by atoms with Crippen LogP contribution in [0.15, 0.2) is 24.5 Å². The fourth-order valence-corrected chi connectivity index (χ4v) is 5.09. The summed E-state index contributed by atoms with van der Waals surface area (Å²) >= 11 is 0. The van der Waals surface area contributed by atoms with Gasteiger partial charge in [0.2, 0.25) is 0 Å². The second-order valence-corrected chi connectivity index (χ2v) is 8.11. The Morgan fingerprint density at radius 2 is 1.79 bits per heavy atom. The second kappa shape index (κ2) is 6.50. The van der Waals surface area contributed by atoms with E-state index < -0.39 is 17.5 Å². The van der Waals surface area contributed by atoms with Crippen LogP contribution in [0.3, 0.4) is 0 Å². The molecule has 3 aliphatic rings. The Kier molecular flexibility index (Phi) is 4.07. The van der Waals surface area contributed by atoms with Crippen LogP contribution in [0, 0.1) is 35.2 Å². The number of pyridine rings is 2. The van der Waals surface area contributed by atoms with Gasteiger partial charge in [-0.1, -0.05) is 6.92 Å². The highest BCUT2D eigenvalue weighted by Gasteiger charge is 2.41. The summed E-state index contributed by atoms with van der Waals surface area (Å²) in [6.45, 7) is 2.20. The summed E-state index contributed by atoms with van der Waals surface area (Å²) in [7, 11) is 0. The van der Waals surface area contributed by atoms with E-state index in [1.165, 1.54) is 25.1 Å². The summed E-state index contributed by atoms with van der Waals surface area (Å²) in [5.41, 5.74) is 0.770. The first-order valence-corrected chi connectivity index (χ1v) is 9.77. The smallest absolute Gasteiger partial charge is 0.168 e. The summed E-state index contributed by atoms with van der Waals surface area (Å²) in [6, 6.07) is 2.26. The molecule has 0 amide bonds. The molecule has 0 spiro atoms. The molecule has 3 saturated carbocycles. The Morgan fingerprint density at radius 3 is 2.54 bits per heavy atom. The second-order valence-electron chi connectivity index (χ2n) is 8.11. The normalized spacial score (nSPS) is 26.7. The third kappa shape index (κ3) is 2.75. The molecule has 6 rings (SSSR count). The number of rotatable bonds is 3. The van der Waals surface area contributed by atoms with Crippen LogP contribution in [-0.2, 0) is 0 Å². The van der Waals surface area contributed by atoms with Crippen molar-refractivity contribution in [2.75, 3.05) is 5.32 Å². The number of aromatic amines is 1. The quantitative estimate of drug-likeness (QED) is 0.644. The van der Waals surface area contributed by atoms with Gasteiger partial charge in [-0.2, -0.15) is 0 Å². The standard InChI is InChI=1S/C21H21F3N4/c1-10-11-2-4-12(5-3-11)18(10)27-21-17(24)7-16(23)19(28-21)15-9-26-20-14(15)6-13(22)8-25-20/h6-12,18H,2-5H2,1H3,(H,25,26)(H,27,28)/t10-,11?,12?,18?/m0/s1. The lowest BCUT2D eigenvalue weighted by Gasteiger charge is -2.47. The molecule has 0 radical (unpaired) electrons. The highest BCUT2D eigenvalue weighted by Crippen LogP contribution is 2.46. The van der Waals surface area contributed by atoms with Gasteiger partial charge in [0.15, 0.2) is 17.5 Å². The van der Waals surface area contributed by atoms with Gasteiger partial charge in [-0.3, -0.25) is 0 Å². The summed E-state index contributed by atoms with van der Waals surface area (Å²) in [6.07, 6.45) is 7.33. The van der Waals surface area contributed by atoms with E-state index in [0.717, 1.165) is 25.1 Å². The first-order valence-electron chi connectivity index (χ1n) is 9.77. The Morgan fingerprint density at radius 1 is 1.04 bits per heavy atom. The fourth-order valence-electron chi connectivity index (χ4n) is 5.09. The molecule has 4 nitrogen and oxygen atoms in total. The van der Waals surface area contributed by atoms with Crippen LogP contribution in [0.1, 0.15) is 32.6 Å². The van der Waals surface area contributed by atoms with Gasteiger partial charge >= 0.3 is 0 Å². The zero-order valence-corrected chi connectivity index (χ0v) is 15.5. The van der Waals surface area contributed by atoms with E-state index in [9.17, 15) is 13.2 Å². The van der Waals surface area contributed by atoms with Crippen molar-refractivity contribution in [3.8, 4) is 11.3 Å². The monoisotopic (exact) mass is 386 g/mol. The van der Waals surface area contributed by atoms with E-state index in [4.69, 9.17) is 0 Å². The van der Waals surface area contributed by atoms with Crippen LogP contribution in [-0.4, -0.2) is 21.0 Å². The molecule has 3 fully saturated rings. The predicted molar refractivity (Wildman–Crippen MR) is 101 cm³/mol. The maximum absolute atomic E-state index is 14.6. The van der Waals surface area contributed by atoms with Crippen molar-refractivity contribution in [2.24, 2.45) is 17.8 Å². The molecular weight excluding hydrogens is 365 g/mol. The van der Waals surface area contributed by atoms with Gasteiger partial charge in [0.1, 0.15) is 17.2 Å². The van der Waals surface area contributed by atoms with Crippen molar-refractivity contribution in [3.63, 3.8) is 0 Å². The van der Waals surface area contributed by atoms with Crippen molar-refractivity contribution in [3.05, 3.63) is 42.0 Å². The Bertz CT molecular complexity index is 1040. The molecule has 3 aromatic heterocycles. The van der Waals surface area contributed by atoms with Crippen LogP contribution in [0.4, 0.5) is 19.0 Å². The maximum Gasteiger partial charge on any atom is 0.168 e. The lowest BCUT2D eigenvalue weighted by atomic mass is 9.62. The van der Waals surface area contributed by atoms with Crippen molar-refractivity contribution in [1.82, 2.24) is 15.0 Å². The summed E-state index contributed by atoms with van der Waals surface area (Å²) in [4.78, 5) is 11.1. The first-order chi connectivity index (χ1) is 13.5. The predicted octanol–water partition coefficient (Wildman–Crippen LogP) is 5.28. The fraction of sp³-hybridized carbons (Fsp3) is 0.429. The van der Waals surface area contributed by atoms with Crippen LogP contribution in [0.5, 0.6) is 0 Å². The molecule has 146 valence electrons. The van der Waals surface area contributed by atoms with Gasteiger partial charge in [-0.25, -0.2) is 23.1 Å². The number of nitrogens with one attached hydrogen (secondary N) is 2. The minimum atomic E-state index is -0.786. The van der Waals surface area contributed by atoms with Crippen molar-refractivity contribution in [2.45, 2.75) is 38.6 Å². The third-order valence-corrected chi connectivity index (χ3v) is 6.62. The SMILES string of the molecule is C[C@H]1C2CCC(CC2)C1Nc1nc(-c2c[nH]c3ncc(F)cc23)c(F)cc1F. The summed E-state index contributed by atoms with van der Waals surface area (Å²) in [5.74, 6) is -0.408. The minimum Gasteiger partial charge on any atom is -0.364 e. The minimum absolute atomic E-state index is 0.0174. The van der Waals surface area contributed by atoms with Gasteiger partial charge in [0, 0.05) is 29.3 Å². The molecule has 2 atom stereocenters. The van der Waals surface area contributed by atoms with Crippen LogP contribution >= 0.6 is 0 Å². The van der Waals surface area contributed by atoms with E-state index >= 15 is 0 Å². The Labute approximate surface area is 160 Å². The number of hydrogen-bond donors (Lipinski definition) is 2. The number of nitrogens with zero attached hydrogens (tertiary/aromatic N) is 2. The van der Waals surface area contributed by atoms with Crippen molar-refractivity contribution < 1.29 is 13.2 Å². The number of hydrogen-bond acceptors (Lipinski definition) is 3. The van der Waals surface area contributed by atoms with Gasteiger partial charge in [-0.05, 0) is 49.5 Å². The Hall–Kier alpha value is -2.57. The topological polar surface area (TPSA) is 53.6 Å². The average Bonchev–Trinajstić information content (AvgIpc) is 3.09. The molecule has 0 aliphatic heterocycles. The highest BCUT2D eigenvalue weighted by molar-refractivity contribution is 5.92.